The van der Waals surface area contributed by atoms with Gasteiger partial charge in [-0.1, -0.05) is 18.9 Å². The summed E-state index contributed by atoms with van der Waals surface area (Å²) in [6.07, 6.45) is 9.79. The number of nitrogens with zero attached hydrogens (tertiary/aromatic N) is 1. The number of hydrogen-bond acceptors (Lipinski definition) is 0. The van der Waals surface area contributed by atoms with Crippen molar-refractivity contribution < 1.29 is 0 Å². The summed E-state index contributed by atoms with van der Waals surface area (Å²) in [5.74, 6) is 0.818. The predicted octanol–water partition coefficient (Wildman–Crippen LogP) is 1.68. The van der Waals surface area contributed by atoms with E-state index in [1.54, 1.807) is 0 Å². The van der Waals surface area contributed by atoms with E-state index in [1.807, 2.05) is 6.20 Å². The van der Waals surface area contributed by atoms with Crippen LogP contribution in [-0.4, -0.2) is 6.04 Å². The van der Waals surface area contributed by atoms with Gasteiger partial charge < -0.3 is 0 Å². The fraction of sp³-hybridized carbons (Fsp3) is 0.750. The lowest BCUT2D eigenvalue weighted by atomic mass is 9.86. The normalized spacial score (nSPS) is 40.0. The smallest absolute Gasteiger partial charge is 0.0562 e. The van der Waals surface area contributed by atoms with Gasteiger partial charge in [-0.3, -0.25) is 5.32 Å². The molecule has 1 saturated carbocycles. The zero-order chi connectivity index (χ0) is 6.10. The SMILES string of the molecule is C1=CC2CCCCC2[N]1. The highest BCUT2D eigenvalue weighted by Gasteiger charge is 2.26. The Hall–Kier alpha value is -0.460. The zero-order valence-corrected chi connectivity index (χ0v) is 5.59. The molecule has 0 aromatic carbocycles. The lowest BCUT2D eigenvalue weighted by Gasteiger charge is -2.22. The molecule has 2 atom stereocenters. The van der Waals surface area contributed by atoms with Crippen LogP contribution in [0.15, 0.2) is 12.3 Å². The average molecular weight is 122 g/mol. The van der Waals surface area contributed by atoms with Crippen molar-refractivity contribution in [3.8, 4) is 0 Å². The minimum Gasteiger partial charge on any atom is -0.290 e. The third kappa shape index (κ3) is 0.846. The fourth-order valence-corrected chi connectivity index (χ4v) is 1.82. The molecule has 0 N–H and O–H groups in total. The summed E-state index contributed by atoms with van der Waals surface area (Å²) in [5, 5.41) is 4.38. The van der Waals surface area contributed by atoms with Crippen LogP contribution in [-0.2, 0) is 0 Å². The topological polar surface area (TPSA) is 14.1 Å². The molecule has 0 saturated heterocycles. The summed E-state index contributed by atoms with van der Waals surface area (Å²) in [5.41, 5.74) is 0. The Bertz CT molecular complexity index is 129. The Balaban J connectivity index is 2.03. The van der Waals surface area contributed by atoms with Gasteiger partial charge in [0.25, 0.3) is 0 Å². The molecular weight excluding hydrogens is 110 g/mol. The second-order valence-electron chi connectivity index (χ2n) is 3.01. The van der Waals surface area contributed by atoms with Gasteiger partial charge in [0.15, 0.2) is 0 Å². The van der Waals surface area contributed by atoms with Gasteiger partial charge in [0, 0.05) is 12.1 Å². The van der Waals surface area contributed by atoms with E-state index in [2.05, 4.69) is 11.4 Å². The highest BCUT2D eigenvalue weighted by atomic mass is 14.9. The van der Waals surface area contributed by atoms with E-state index < -0.39 is 0 Å². The van der Waals surface area contributed by atoms with E-state index in [0.29, 0.717) is 6.04 Å². The summed E-state index contributed by atoms with van der Waals surface area (Å²) >= 11 is 0. The predicted molar refractivity (Wildman–Crippen MR) is 37.0 cm³/mol. The molecule has 1 aliphatic carbocycles. The van der Waals surface area contributed by atoms with Gasteiger partial charge in [0.1, 0.15) is 0 Å². The van der Waals surface area contributed by atoms with E-state index in [0.717, 1.165) is 5.92 Å². The van der Waals surface area contributed by atoms with E-state index in [9.17, 15) is 0 Å². The number of hydrogen-bond donors (Lipinski definition) is 0. The summed E-state index contributed by atoms with van der Waals surface area (Å²) in [6.45, 7) is 0. The van der Waals surface area contributed by atoms with Crippen molar-refractivity contribution in [2.75, 3.05) is 0 Å². The van der Waals surface area contributed by atoms with Gasteiger partial charge >= 0.3 is 0 Å². The van der Waals surface area contributed by atoms with E-state index in [4.69, 9.17) is 0 Å². The third-order valence-electron chi connectivity index (χ3n) is 2.39. The van der Waals surface area contributed by atoms with Crippen LogP contribution >= 0.6 is 0 Å². The van der Waals surface area contributed by atoms with Crippen LogP contribution in [0.1, 0.15) is 25.7 Å². The summed E-state index contributed by atoms with van der Waals surface area (Å²) in [7, 11) is 0. The lowest BCUT2D eigenvalue weighted by Crippen LogP contribution is -2.25. The minimum absolute atomic E-state index is 0.679. The van der Waals surface area contributed by atoms with Crippen LogP contribution in [0, 0.1) is 5.92 Å². The third-order valence-corrected chi connectivity index (χ3v) is 2.39. The minimum atomic E-state index is 0.679. The average Bonchev–Trinajstić information content (AvgIpc) is 2.33. The standard InChI is InChI=1S/C8H12N/c1-2-4-8-7(3-1)5-6-9-8/h5-8H,1-4H2. The number of fused-ring (bicyclic) bond motifs is 1. The molecule has 2 aliphatic rings. The van der Waals surface area contributed by atoms with Crippen LogP contribution in [0.2, 0.25) is 0 Å². The van der Waals surface area contributed by atoms with Crippen molar-refractivity contribution >= 4 is 0 Å². The zero-order valence-electron chi connectivity index (χ0n) is 5.59. The Morgan fingerprint density at radius 3 is 3.00 bits per heavy atom. The maximum absolute atomic E-state index is 4.38. The lowest BCUT2D eigenvalue weighted by molar-refractivity contribution is 0.348. The molecule has 9 heavy (non-hydrogen) atoms. The second kappa shape index (κ2) is 2.05. The van der Waals surface area contributed by atoms with Crippen molar-refractivity contribution in [2.45, 2.75) is 31.7 Å². The van der Waals surface area contributed by atoms with Crippen LogP contribution < -0.4 is 5.32 Å². The Morgan fingerprint density at radius 1 is 1.22 bits per heavy atom. The molecule has 0 spiro atoms. The van der Waals surface area contributed by atoms with Crippen LogP contribution in [0.5, 0.6) is 0 Å². The van der Waals surface area contributed by atoms with E-state index in [1.165, 1.54) is 25.7 Å². The monoisotopic (exact) mass is 122 g/mol. The number of rotatable bonds is 0. The van der Waals surface area contributed by atoms with Crippen molar-refractivity contribution in [3.05, 3.63) is 12.3 Å². The van der Waals surface area contributed by atoms with Gasteiger partial charge in [-0.2, -0.15) is 0 Å². The van der Waals surface area contributed by atoms with E-state index in [-0.39, 0.29) is 0 Å². The molecule has 2 rings (SSSR count). The van der Waals surface area contributed by atoms with Gasteiger partial charge in [0.2, 0.25) is 0 Å². The van der Waals surface area contributed by atoms with Crippen molar-refractivity contribution in [1.29, 1.82) is 0 Å². The fourth-order valence-electron chi connectivity index (χ4n) is 1.82. The summed E-state index contributed by atoms with van der Waals surface area (Å²) in [6, 6.07) is 0.679. The van der Waals surface area contributed by atoms with Crippen LogP contribution in [0.25, 0.3) is 0 Å². The molecule has 1 nitrogen and oxygen atoms in total. The molecule has 1 heterocycles. The van der Waals surface area contributed by atoms with Gasteiger partial charge in [-0.25, -0.2) is 0 Å². The first-order valence-electron chi connectivity index (χ1n) is 3.83. The molecule has 0 amide bonds. The molecule has 2 unspecified atom stereocenters. The molecule has 1 heteroatoms. The highest BCUT2D eigenvalue weighted by Crippen LogP contribution is 2.28. The van der Waals surface area contributed by atoms with Crippen molar-refractivity contribution in [3.63, 3.8) is 0 Å². The Labute approximate surface area is 56.1 Å². The molecule has 0 bridgehead atoms. The highest BCUT2D eigenvalue weighted by molar-refractivity contribution is 5.03. The van der Waals surface area contributed by atoms with Gasteiger partial charge in [-0.05, 0) is 12.8 Å². The Morgan fingerprint density at radius 2 is 2.11 bits per heavy atom. The first kappa shape index (κ1) is 5.33. The molecule has 49 valence electrons. The first-order valence-corrected chi connectivity index (χ1v) is 3.83. The molecule has 0 aromatic heterocycles. The van der Waals surface area contributed by atoms with Crippen molar-refractivity contribution in [2.24, 2.45) is 5.92 Å². The molecule has 1 radical (unpaired) electrons. The maximum atomic E-state index is 4.38. The molecule has 1 fully saturated rings. The van der Waals surface area contributed by atoms with Crippen LogP contribution in [0.4, 0.5) is 0 Å². The van der Waals surface area contributed by atoms with Gasteiger partial charge in [-0.15, -0.1) is 0 Å². The van der Waals surface area contributed by atoms with Crippen molar-refractivity contribution in [1.82, 2.24) is 5.32 Å². The largest absolute Gasteiger partial charge is 0.290 e. The summed E-state index contributed by atoms with van der Waals surface area (Å²) in [4.78, 5) is 0. The molecule has 0 aromatic rings. The second-order valence-corrected chi connectivity index (χ2v) is 3.01. The van der Waals surface area contributed by atoms with E-state index >= 15 is 0 Å². The quantitative estimate of drug-likeness (QED) is 0.464. The van der Waals surface area contributed by atoms with Gasteiger partial charge in [0.05, 0.1) is 6.04 Å². The summed E-state index contributed by atoms with van der Waals surface area (Å²) < 4.78 is 0. The maximum Gasteiger partial charge on any atom is 0.0562 e. The Kier molecular flexibility index (Phi) is 1.22. The first-order chi connectivity index (χ1) is 4.47. The molecular formula is C8H12N. The molecule has 1 aliphatic heterocycles. The van der Waals surface area contributed by atoms with Crippen LogP contribution in [0.3, 0.4) is 0 Å².